The minimum absolute atomic E-state index is 0. The van der Waals surface area contributed by atoms with Crippen LogP contribution in [-0.2, 0) is 37.5 Å². The van der Waals surface area contributed by atoms with Gasteiger partial charge in [0, 0.05) is 45.7 Å². The minimum atomic E-state index is -1.11. The van der Waals surface area contributed by atoms with Crippen molar-refractivity contribution in [2.75, 3.05) is 30.9 Å². The summed E-state index contributed by atoms with van der Waals surface area (Å²) in [4.78, 5) is 13.0. The molecule has 24 heavy (non-hydrogen) atoms. The Morgan fingerprint density at radius 1 is 1.21 bits per heavy atom. The van der Waals surface area contributed by atoms with Gasteiger partial charge in [0.15, 0.2) is 0 Å². The maximum absolute atomic E-state index is 13.0. The van der Waals surface area contributed by atoms with Crippen molar-refractivity contribution in [3.8, 4) is 5.75 Å². The zero-order valence-electron chi connectivity index (χ0n) is 15.8. The summed E-state index contributed by atoms with van der Waals surface area (Å²) < 4.78 is 5.31. The van der Waals surface area contributed by atoms with Crippen LogP contribution in [0, 0.1) is 13.8 Å². The maximum atomic E-state index is 13.0. The summed E-state index contributed by atoms with van der Waals surface area (Å²) in [5.41, 5.74) is 3.32. The van der Waals surface area contributed by atoms with Crippen LogP contribution < -0.4 is 10.1 Å². The van der Waals surface area contributed by atoms with E-state index >= 15 is 0 Å². The van der Waals surface area contributed by atoms with Crippen LogP contribution in [0.25, 0.3) is 0 Å². The number of hydrogen-bond acceptors (Lipinski definition) is 2. The molecule has 1 saturated heterocycles. The number of aryl methyl sites for hydroxylation is 2. The molecular weight excluding hydrogens is 394 g/mol. The van der Waals surface area contributed by atoms with Crippen molar-refractivity contribution in [1.82, 2.24) is 0 Å². The number of amides is 1. The van der Waals surface area contributed by atoms with E-state index < -0.39 is 7.26 Å². The molecule has 1 atom stereocenters. The van der Waals surface area contributed by atoms with Crippen LogP contribution in [-0.4, -0.2) is 37.2 Å². The number of methoxy groups -OCH3 is 1. The zero-order chi connectivity index (χ0) is 17.0. The van der Waals surface area contributed by atoms with Gasteiger partial charge in [-0.3, -0.25) is 4.79 Å². The summed E-state index contributed by atoms with van der Waals surface area (Å²) in [5.74, 6) is 1.08. The first-order valence-corrected chi connectivity index (χ1v) is 11.2. The first-order chi connectivity index (χ1) is 11.0. The Balaban J connectivity index is 0.00000288. The molecule has 1 aliphatic rings. The van der Waals surface area contributed by atoms with Crippen LogP contribution >= 0.6 is 7.26 Å². The molecule has 3 nitrogen and oxygen atoms in total. The Bertz CT molecular complexity index is 547. The third-order valence-corrected chi connectivity index (χ3v) is 11.0. The molecule has 1 aromatic rings. The Hall–Kier alpha value is 0.0239. The number of hydrogen-bond donors (Lipinski definition) is 1. The smallest absolute Gasteiger partial charge is 0.265 e. The number of benzene rings is 1. The summed E-state index contributed by atoms with van der Waals surface area (Å²) in [6, 6.07) is 3.98. The SMILES string of the molecule is CCC(C(=O)Nc1c(C)cc(OC)cc1C)[P+]1(CC)CCCC1.[Y]. The van der Waals surface area contributed by atoms with E-state index in [1.165, 1.54) is 31.3 Å². The molecule has 1 aromatic carbocycles. The van der Waals surface area contributed by atoms with E-state index in [-0.39, 0.29) is 44.3 Å². The first-order valence-electron chi connectivity index (χ1n) is 8.79. The minimum Gasteiger partial charge on any atom is -0.497 e. The molecular formula is C19H31NO2PY+. The predicted octanol–water partition coefficient (Wildman–Crippen LogP) is 4.86. The van der Waals surface area contributed by atoms with Crippen LogP contribution in [0.5, 0.6) is 5.75 Å². The topological polar surface area (TPSA) is 38.3 Å². The number of carbonyl (C=O) groups excluding carboxylic acids is 1. The van der Waals surface area contributed by atoms with Crippen molar-refractivity contribution >= 4 is 18.9 Å². The zero-order valence-corrected chi connectivity index (χ0v) is 19.5. The molecule has 1 amide bonds. The summed E-state index contributed by atoms with van der Waals surface area (Å²) in [5, 5.41) is 3.25. The number of anilines is 1. The quantitative estimate of drug-likeness (QED) is 0.662. The van der Waals surface area contributed by atoms with Gasteiger partial charge in [-0.1, -0.05) is 6.92 Å². The normalized spacial score (nSPS) is 17.0. The van der Waals surface area contributed by atoms with Crippen molar-refractivity contribution < 1.29 is 42.2 Å². The first kappa shape index (κ1) is 22.1. The van der Waals surface area contributed by atoms with Gasteiger partial charge < -0.3 is 10.1 Å². The number of nitrogens with one attached hydrogen (secondary N) is 1. The molecule has 5 heteroatoms. The van der Waals surface area contributed by atoms with Crippen molar-refractivity contribution in [2.24, 2.45) is 0 Å². The average Bonchev–Trinajstić information content (AvgIpc) is 3.01. The molecule has 1 unspecified atom stereocenters. The van der Waals surface area contributed by atoms with E-state index in [1.807, 2.05) is 26.0 Å². The summed E-state index contributed by atoms with van der Waals surface area (Å²) in [6.07, 6.45) is 7.39. The van der Waals surface area contributed by atoms with Gasteiger partial charge in [0.05, 0.1) is 25.6 Å². The monoisotopic (exact) mass is 425 g/mol. The van der Waals surface area contributed by atoms with Gasteiger partial charge in [-0.2, -0.15) is 0 Å². The second kappa shape index (κ2) is 9.65. The van der Waals surface area contributed by atoms with Crippen LogP contribution in [0.15, 0.2) is 12.1 Å². The third-order valence-electron chi connectivity index (χ3n) is 5.43. The van der Waals surface area contributed by atoms with Gasteiger partial charge in [-0.25, -0.2) is 0 Å². The van der Waals surface area contributed by atoms with E-state index in [9.17, 15) is 4.79 Å². The Labute approximate surface area is 172 Å². The fraction of sp³-hybridized carbons (Fsp3) is 0.632. The number of carbonyl (C=O) groups is 1. The molecule has 1 heterocycles. The van der Waals surface area contributed by atoms with Gasteiger partial charge in [0.25, 0.3) is 5.91 Å². The van der Waals surface area contributed by atoms with E-state index in [0.29, 0.717) is 0 Å². The Morgan fingerprint density at radius 2 is 1.75 bits per heavy atom. The number of ether oxygens (including phenoxy) is 1. The third kappa shape index (κ3) is 4.60. The van der Waals surface area contributed by atoms with Gasteiger partial charge in [0.2, 0.25) is 0 Å². The Morgan fingerprint density at radius 3 is 2.17 bits per heavy atom. The predicted molar refractivity (Wildman–Crippen MR) is 102 cm³/mol. The molecule has 1 N–H and O–H groups in total. The molecule has 131 valence electrons. The molecule has 0 spiro atoms. The molecule has 0 saturated carbocycles. The molecule has 0 aromatic heterocycles. The van der Waals surface area contributed by atoms with Crippen molar-refractivity contribution in [3.63, 3.8) is 0 Å². The van der Waals surface area contributed by atoms with E-state index in [4.69, 9.17) is 4.74 Å². The standard InChI is InChI=1S/C19H30NO2P.Y/c1-6-17(23(7-2)10-8-9-11-23)19(21)20-18-14(3)12-16(22-5)13-15(18)4;/h12-13,17H,6-11H2,1-5H3;/p+1. The van der Waals surface area contributed by atoms with E-state index in [0.717, 1.165) is 29.0 Å². The maximum Gasteiger partial charge on any atom is 0.265 e. The fourth-order valence-corrected chi connectivity index (χ4v) is 9.04. The van der Waals surface area contributed by atoms with Gasteiger partial charge in [-0.15, -0.1) is 0 Å². The van der Waals surface area contributed by atoms with Crippen molar-refractivity contribution in [2.45, 2.75) is 52.6 Å². The Kier molecular flexibility index (Phi) is 8.87. The van der Waals surface area contributed by atoms with Crippen LogP contribution in [0.4, 0.5) is 5.69 Å². The second-order valence-electron chi connectivity index (χ2n) is 6.74. The summed E-state index contributed by atoms with van der Waals surface area (Å²) in [7, 11) is 0.562. The molecule has 1 aliphatic heterocycles. The van der Waals surface area contributed by atoms with Crippen molar-refractivity contribution in [1.29, 1.82) is 0 Å². The fourth-order valence-electron chi connectivity index (χ4n) is 4.08. The second-order valence-corrected chi connectivity index (χ2v) is 11.3. The van der Waals surface area contributed by atoms with Crippen LogP contribution in [0.1, 0.15) is 44.2 Å². The van der Waals surface area contributed by atoms with Crippen molar-refractivity contribution in [3.05, 3.63) is 23.3 Å². The van der Waals surface area contributed by atoms with Gasteiger partial charge in [-0.05, 0) is 63.3 Å². The molecule has 1 radical (unpaired) electrons. The van der Waals surface area contributed by atoms with Crippen LogP contribution in [0.3, 0.4) is 0 Å². The van der Waals surface area contributed by atoms with Gasteiger partial charge >= 0.3 is 0 Å². The average molecular weight is 425 g/mol. The summed E-state index contributed by atoms with van der Waals surface area (Å²) in [6.45, 7) is 8.53. The summed E-state index contributed by atoms with van der Waals surface area (Å²) >= 11 is 0. The van der Waals surface area contributed by atoms with E-state index in [1.54, 1.807) is 7.11 Å². The molecule has 0 bridgehead atoms. The molecule has 0 aliphatic carbocycles. The number of rotatable bonds is 6. The molecule has 2 rings (SSSR count). The molecule has 1 fully saturated rings. The van der Waals surface area contributed by atoms with Gasteiger partial charge in [0.1, 0.15) is 11.4 Å². The largest absolute Gasteiger partial charge is 0.497 e. The van der Waals surface area contributed by atoms with Crippen LogP contribution in [0.2, 0.25) is 0 Å². The van der Waals surface area contributed by atoms with E-state index in [2.05, 4.69) is 19.2 Å².